The van der Waals surface area contributed by atoms with E-state index in [0.29, 0.717) is 35.3 Å². The number of rotatable bonds is 4. The lowest BCUT2D eigenvalue weighted by Crippen LogP contribution is -2.26. The van der Waals surface area contributed by atoms with Gasteiger partial charge in [-0.1, -0.05) is 12.1 Å². The molecular weight excluding hydrogens is 356 g/mol. The second-order valence-corrected chi connectivity index (χ2v) is 7.08. The van der Waals surface area contributed by atoms with Crippen LogP contribution in [-0.2, 0) is 16.8 Å². The van der Waals surface area contributed by atoms with Gasteiger partial charge in [0.1, 0.15) is 11.5 Å². The maximum absolute atomic E-state index is 12.1. The summed E-state index contributed by atoms with van der Waals surface area (Å²) in [5.41, 5.74) is 2.16. The van der Waals surface area contributed by atoms with Crippen LogP contribution in [0.1, 0.15) is 30.5 Å². The number of benzene rings is 1. The van der Waals surface area contributed by atoms with Crippen LogP contribution in [0, 0.1) is 11.3 Å². The number of aromatic nitrogens is 4. The first-order valence-corrected chi connectivity index (χ1v) is 8.72. The van der Waals surface area contributed by atoms with Crippen LogP contribution in [0.2, 0.25) is 0 Å². The normalized spacial score (nSPS) is 14.3. The topological polar surface area (TPSA) is 106 Å². The third kappa shape index (κ3) is 2.87. The van der Waals surface area contributed by atoms with Crippen LogP contribution in [0.15, 0.2) is 36.5 Å². The number of nitrogens with zero attached hydrogens (tertiary/aromatic N) is 5. The van der Waals surface area contributed by atoms with E-state index in [1.54, 1.807) is 30.1 Å². The van der Waals surface area contributed by atoms with Crippen molar-refractivity contribution in [3.8, 4) is 23.5 Å². The lowest BCUT2D eigenvalue weighted by atomic mass is 9.88. The van der Waals surface area contributed by atoms with E-state index in [1.165, 1.54) is 0 Å². The molecule has 0 saturated heterocycles. The zero-order valence-corrected chi connectivity index (χ0v) is 15.7. The van der Waals surface area contributed by atoms with Crippen LogP contribution in [-0.4, -0.2) is 32.8 Å². The van der Waals surface area contributed by atoms with Gasteiger partial charge in [-0.25, -0.2) is 14.6 Å². The van der Waals surface area contributed by atoms with E-state index in [0.717, 1.165) is 11.1 Å². The summed E-state index contributed by atoms with van der Waals surface area (Å²) in [4.78, 5) is 21.0. The molecule has 1 aliphatic rings. The van der Waals surface area contributed by atoms with Crippen molar-refractivity contribution in [1.29, 1.82) is 5.26 Å². The summed E-state index contributed by atoms with van der Waals surface area (Å²) in [6.07, 6.45) is 1.66. The van der Waals surface area contributed by atoms with Gasteiger partial charge in [0.25, 0.3) is 0 Å². The van der Waals surface area contributed by atoms with Crippen LogP contribution in [0.5, 0.6) is 5.88 Å². The van der Waals surface area contributed by atoms with Crippen molar-refractivity contribution in [2.75, 3.05) is 12.4 Å². The fourth-order valence-electron chi connectivity index (χ4n) is 3.14. The molecule has 3 heterocycles. The van der Waals surface area contributed by atoms with Gasteiger partial charge in [0.2, 0.25) is 11.8 Å². The van der Waals surface area contributed by atoms with E-state index in [1.807, 2.05) is 32.0 Å². The van der Waals surface area contributed by atoms with Crippen LogP contribution in [0.4, 0.5) is 5.82 Å². The highest BCUT2D eigenvalue weighted by atomic mass is 16.5. The molecule has 0 radical (unpaired) electrons. The van der Waals surface area contributed by atoms with E-state index in [9.17, 15) is 4.79 Å². The maximum atomic E-state index is 12.1. The molecule has 0 saturated carbocycles. The summed E-state index contributed by atoms with van der Waals surface area (Å²) >= 11 is 0. The minimum Gasteiger partial charge on any atom is -0.481 e. The molecule has 1 amide bonds. The lowest BCUT2D eigenvalue weighted by molar-refractivity contribution is -0.119. The first-order valence-electron chi connectivity index (χ1n) is 8.72. The first kappa shape index (κ1) is 17.7. The van der Waals surface area contributed by atoms with Crippen LogP contribution in [0.3, 0.4) is 0 Å². The molecule has 0 atom stereocenters. The predicted molar refractivity (Wildman–Crippen MR) is 102 cm³/mol. The van der Waals surface area contributed by atoms with E-state index in [2.05, 4.69) is 26.5 Å². The van der Waals surface area contributed by atoms with Gasteiger partial charge in [-0.3, -0.25) is 4.79 Å². The average molecular weight is 374 g/mol. The molecule has 0 unspecified atom stereocenters. The van der Waals surface area contributed by atoms with Crippen molar-refractivity contribution in [3.05, 3.63) is 53.2 Å². The predicted octanol–water partition coefficient (Wildman–Crippen LogP) is 2.50. The largest absolute Gasteiger partial charge is 0.481 e. The molecule has 3 aromatic rings. The Morgan fingerprint density at radius 3 is 2.89 bits per heavy atom. The van der Waals surface area contributed by atoms with Crippen molar-refractivity contribution >= 4 is 11.7 Å². The van der Waals surface area contributed by atoms with Crippen LogP contribution < -0.4 is 10.1 Å². The van der Waals surface area contributed by atoms with Crippen molar-refractivity contribution in [2.45, 2.75) is 25.8 Å². The standard InChI is InChI=1S/C20H18N6O2/c1-20(2)14-10-22-18(23-17(14)24-19(20)27)15-8-16(28-3)26(25-15)11-13-6-4-5-12(7-13)9-21/h4-8,10H,11H2,1-3H3,(H,22,23,24,27). The summed E-state index contributed by atoms with van der Waals surface area (Å²) in [5.74, 6) is 1.36. The Kier molecular flexibility index (Phi) is 4.08. The number of ether oxygens (including phenoxy) is 1. The van der Waals surface area contributed by atoms with Crippen molar-refractivity contribution in [3.63, 3.8) is 0 Å². The number of hydrogen-bond acceptors (Lipinski definition) is 6. The molecular formula is C20H18N6O2. The number of fused-ring (bicyclic) bond motifs is 1. The number of nitriles is 1. The number of carbonyl (C=O) groups excluding carboxylic acids is 1. The van der Waals surface area contributed by atoms with E-state index >= 15 is 0 Å². The van der Waals surface area contributed by atoms with Gasteiger partial charge in [-0.2, -0.15) is 10.4 Å². The molecule has 0 fully saturated rings. The Labute approximate surface area is 161 Å². The minimum atomic E-state index is -0.656. The van der Waals surface area contributed by atoms with Crippen LogP contribution in [0.25, 0.3) is 11.5 Å². The Balaban J connectivity index is 1.68. The van der Waals surface area contributed by atoms with Gasteiger partial charge in [-0.05, 0) is 31.5 Å². The second kappa shape index (κ2) is 6.46. The smallest absolute Gasteiger partial charge is 0.235 e. The van der Waals surface area contributed by atoms with Crippen molar-refractivity contribution < 1.29 is 9.53 Å². The minimum absolute atomic E-state index is 0.102. The molecule has 4 rings (SSSR count). The quantitative estimate of drug-likeness (QED) is 0.752. The zero-order chi connectivity index (χ0) is 19.9. The molecule has 28 heavy (non-hydrogen) atoms. The Morgan fingerprint density at radius 1 is 1.32 bits per heavy atom. The summed E-state index contributed by atoms with van der Waals surface area (Å²) < 4.78 is 7.11. The molecule has 1 aliphatic heterocycles. The van der Waals surface area contributed by atoms with Gasteiger partial charge in [0.15, 0.2) is 5.82 Å². The zero-order valence-electron chi connectivity index (χ0n) is 15.7. The third-order valence-corrected chi connectivity index (χ3v) is 4.83. The Morgan fingerprint density at radius 2 is 2.14 bits per heavy atom. The van der Waals surface area contributed by atoms with Crippen molar-refractivity contribution in [1.82, 2.24) is 19.7 Å². The molecule has 8 heteroatoms. The number of methoxy groups -OCH3 is 1. The third-order valence-electron chi connectivity index (χ3n) is 4.83. The summed E-state index contributed by atoms with van der Waals surface area (Å²) in [5, 5.41) is 16.4. The molecule has 8 nitrogen and oxygen atoms in total. The highest BCUT2D eigenvalue weighted by Gasteiger charge is 2.40. The number of nitrogens with one attached hydrogen (secondary N) is 1. The number of hydrogen-bond donors (Lipinski definition) is 1. The van der Waals surface area contributed by atoms with Gasteiger partial charge in [-0.15, -0.1) is 0 Å². The average Bonchev–Trinajstić information content (AvgIpc) is 3.20. The molecule has 0 spiro atoms. The SMILES string of the molecule is COc1cc(-c2ncc3c(n2)NC(=O)C3(C)C)nn1Cc1cccc(C#N)c1. The first-order chi connectivity index (χ1) is 13.4. The molecule has 1 aromatic carbocycles. The summed E-state index contributed by atoms with van der Waals surface area (Å²) in [6, 6.07) is 11.2. The van der Waals surface area contributed by atoms with E-state index in [-0.39, 0.29) is 5.91 Å². The van der Waals surface area contributed by atoms with E-state index in [4.69, 9.17) is 10.00 Å². The van der Waals surface area contributed by atoms with Gasteiger partial charge < -0.3 is 10.1 Å². The van der Waals surface area contributed by atoms with Gasteiger partial charge in [0, 0.05) is 17.8 Å². The van der Waals surface area contributed by atoms with Crippen LogP contribution >= 0.6 is 0 Å². The Bertz CT molecular complexity index is 1130. The monoisotopic (exact) mass is 374 g/mol. The summed E-state index contributed by atoms with van der Waals surface area (Å²) in [7, 11) is 1.56. The number of anilines is 1. The molecule has 140 valence electrons. The highest BCUT2D eigenvalue weighted by Crippen LogP contribution is 2.36. The fourth-order valence-corrected chi connectivity index (χ4v) is 3.14. The number of amides is 1. The van der Waals surface area contributed by atoms with Crippen molar-refractivity contribution in [2.24, 2.45) is 0 Å². The molecule has 2 aromatic heterocycles. The highest BCUT2D eigenvalue weighted by molar-refractivity contribution is 6.04. The molecule has 0 aliphatic carbocycles. The lowest BCUT2D eigenvalue weighted by Gasteiger charge is -2.13. The molecule has 0 bridgehead atoms. The van der Waals surface area contributed by atoms with Gasteiger partial charge >= 0.3 is 0 Å². The van der Waals surface area contributed by atoms with E-state index < -0.39 is 5.41 Å². The maximum Gasteiger partial charge on any atom is 0.235 e. The number of carbonyl (C=O) groups is 1. The Hall–Kier alpha value is -3.73. The molecule has 1 N–H and O–H groups in total. The van der Waals surface area contributed by atoms with Gasteiger partial charge in [0.05, 0.1) is 30.7 Å². The second-order valence-electron chi connectivity index (χ2n) is 7.08. The fraction of sp³-hybridized carbons (Fsp3) is 0.250. The summed E-state index contributed by atoms with van der Waals surface area (Å²) in [6.45, 7) is 4.11.